The number of hydrogen-bond donors (Lipinski definition) is 4. The SMILES string of the molecule is CC(=O)N[C@@H]1C[C@@H](C(=O)N(C)C)N(CC(=O)Nc2ccc3[nH]c(=O)[nH]c3c2)[C@H]1c1ccccc1. The van der Waals surface area contributed by atoms with Gasteiger partial charge in [-0.05, 0) is 30.2 Å². The van der Waals surface area contributed by atoms with Gasteiger partial charge >= 0.3 is 5.69 Å². The number of amides is 3. The van der Waals surface area contributed by atoms with Crippen LogP contribution in [0.5, 0.6) is 0 Å². The van der Waals surface area contributed by atoms with E-state index < -0.39 is 6.04 Å². The van der Waals surface area contributed by atoms with Crippen LogP contribution in [-0.2, 0) is 14.4 Å². The van der Waals surface area contributed by atoms with Crippen molar-refractivity contribution in [1.29, 1.82) is 0 Å². The zero-order valence-corrected chi connectivity index (χ0v) is 19.3. The number of likely N-dealkylation sites (tertiary alicyclic amines) is 1. The Labute approximate surface area is 196 Å². The van der Waals surface area contributed by atoms with Crippen LogP contribution in [-0.4, -0.2) is 70.2 Å². The molecule has 1 aromatic heterocycles. The van der Waals surface area contributed by atoms with Crippen LogP contribution in [0.4, 0.5) is 5.69 Å². The van der Waals surface area contributed by atoms with Crippen LogP contribution in [0.25, 0.3) is 11.0 Å². The largest absolute Gasteiger partial charge is 0.352 e. The number of nitrogens with one attached hydrogen (secondary N) is 4. The first-order valence-corrected chi connectivity index (χ1v) is 11.0. The van der Waals surface area contributed by atoms with Crippen molar-refractivity contribution in [2.24, 2.45) is 0 Å². The number of aromatic amines is 2. The molecule has 3 aromatic rings. The van der Waals surface area contributed by atoms with Crippen molar-refractivity contribution in [3.63, 3.8) is 0 Å². The first-order valence-electron chi connectivity index (χ1n) is 11.0. The molecule has 34 heavy (non-hydrogen) atoms. The molecule has 10 nitrogen and oxygen atoms in total. The molecule has 0 saturated carbocycles. The molecule has 10 heteroatoms. The minimum absolute atomic E-state index is 0.0540. The van der Waals surface area contributed by atoms with Gasteiger partial charge < -0.3 is 25.5 Å². The van der Waals surface area contributed by atoms with E-state index in [-0.39, 0.29) is 42.0 Å². The van der Waals surface area contributed by atoms with E-state index in [1.807, 2.05) is 35.2 Å². The van der Waals surface area contributed by atoms with E-state index >= 15 is 0 Å². The normalized spacial score (nSPS) is 20.3. The Morgan fingerprint density at radius 1 is 1.06 bits per heavy atom. The summed E-state index contributed by atoms with van der Waals surface area (Å²) in [5.74, 6) is -0.631. The van der Waals surface area contributed by atoms with Crippen LogP contribution < -0.4 is 16.3 Å². The molecular formula is C24H28N6O4. The Kier molecular flexibility index (Phi) is 6.51. The van der Waals surface area contributed by atoms with E-state index in [1.54, 1.807) is 32.3 Å². The van der Waals surface area contributed by atoms with Gasteiger partial charge in [-0.15, -0.1) is 0 Å². The number of rotatable bonds is 6. The van der Waals surface area contributed by atoms with E-state index in [1.165, 1.54) is 11.8 Å². The van der Waals surface area contributed by atoms with Gasteiger partial charge in [0, 0.05) is 26.7 Å². The van der Waals surface area contributed by atoms with E-state index in [0.29, 0.717) is 23.1 Å². The molecule has 0 unspecified atom stereocenters. The summed E-state index contributed by atoms with van der Waals surface area (Å²) in [6.45, 7) is 1.39. The third kappa shape index (κ3) is 4.86. The number of carbonyl (C=O) groups excluding carboxylic acids is 3. The lowest BCUT2D eigenvalue weighted by Crippen LogP contribution is -2.46. The Morgan fingerprint density at radius 3 is 2.44 bits per heavy atom. The van der Waals surface area contributed by atoms with Crippen LogP contribution in [0.15, 0.2) is 53.3 Å². The summed E-state index contributed by atoms with van der Waals surface area (Å²) in [7, 11) is 3.35. The molecule has 2 aromatic carbocycles. The minimum atomic E-state index is -0.577. The number of likely N-dealkylation sites (N-methyl/N-ethyl adjacent to an activating group) is 1. The van der Waals surface area contributed by atoms with Crippen LogP contribution in [0.2, 0.25) is 0 Å². The summed E-state index contributed by atoms with van der Waals surface area (Å²) in [4.78, 5) is 58.3. The molecule has 178 valence electrons. The molecule has 0 spiro atoms. The topological polar surface area (TPSA) is 130 Å². The molecule has 2 heterocycles. The third-order valence-electron chi connectivity index (χ3n) is 6.00. The summed E-state index contributed by atoms with van der Waals surface area (Å²) in [6.07, 6.45) is 0.389. The van der Waals surface area contributed by atoms with Crippen LogP contribution >= 0.6 is 0 Å². The number of benzene rings is 2. The van der Waals surface area contributed by atoms with Crippen LogP contribution in [0.3, 0.4) is 0 Å². The Hall–Kier alpha value is -3.92. The maximum absolute atomic E-state index is 13.1. The fraction of sp³-hybridized carbons (Fsp3) is 0.333. The van der Waals surface area contributed by atoms with E-state index in [0.717, 1.165) is 5.56 Å². The van der Waals surface area contributed by atoms with Crippen molar-refractivity contribution in [2.45, 2.75) is 31.5 Å². The van der Waals surface area contributed by atoms with Gasteiger partial charge in [-0.25, -0.2) is 4.79 Å². The predicted octanol–water partition coefficient (Wildman–Crippen LogP) is 1.20. The lowest BCUT2D eigenvalue weighted by molar-refractivity contribution is -0.134. The number of nitrogens with zero attached hydrogens (tertiary/aromatic N) is 2. The van der Waals surface area contributed by atoms with Crippen molar-refractivity contribution in [3.05, 3.63) is 64.6 Å². The zero-order valence-electron chi connectivity index (χ0n) is 19.3. The molecule has 1 saturated heterocycles. The van der Waals surface area contributed by atoms with Gasteiger partial charge in [-0.3, -0.25) is 19.3 Å². The Morgan fingerprint density at radius 2 is 1.76 bits per heavy atom. The minimum Gasteiger partial charge on any atom is -0.352 e. The highest BCUT2D eigenvalue weighted by Crippen LogP contribution is 2.37. The quantitative estimate of drug-likeness (QED) is 0.436. The average molecular weight is 465 g/mol. The highest BCUT2D eigenvalue weighted by molar-refractivity contribution is 5.95. The first kappa shape index (κ1) is 23.2. The highest BCUT2D eigenvalue weighted by atomic mass is 16.2. The smallest absolute Gasteiger partial charge is 0.323 e. The monoisotopic (exact) mass is 464 g/mol. The number of carbonyl (C=O) groups is 3. The van der Waals surface area contributed by atoms with Gasteiger partial charge in [0.15, 0.2) is 0 Å². The summed E-state index contributed by atoms with van der Waals surface area (Å²) in [6, 6.07) is 13.4. The van der Waals surface area contributed by atoms with E-state index in [9.17, 15) is 19.2 Å². The molecule has 0 aliphatic carbocycles. The molecule has 1 aliphatic rings. The lowest BCUT2D eigenvalue weighted by atomic mass is 9.99. The molecule has 3 atom stereocenters. The zero-order chi connectivity index (χ0) is 24.4. The third-order valence-corrected chi connectivity index (χ3v) is 6.00. The summed E-state index contributed by atoms with van der Waals surface area (Å²) < 4.78 is 0. The van der Waals surface area contributed by atoms with Gasteiger partial charge in [0.1, 0.15) is 0 Å². The first-order chi connectivity index (χ1) is 16.2. The predicted molar refractivity (Wildman–Crippen MR) is 128 cm³/mol. The molecule has 4 N–H and O–H groups in total. The van der Waals surface area contributed by atoms with Crippen LogP contribution in [0.1, 0.15) is 24.9 Å². The fourth-order valence-corrected chi connectivity index (χ4v) is 4.63. The number of anilines is 1. The van der Waals surface area contributed by atoms with Crippen molar-refractivity contribution >= 4 is 34.4 Å². The second-order valence-corrected chi connectivity index (χ2v) is 8.71. The number of hydrogen-bond acceptors (Lipinski definition) is 5. The highest BCUT2D eigenvalue weighted by Gasteiger charge is 2.46. The summed E-state index contributed by atoms with van der Waals surface area (Å²) in [5, 5.41) is 5.83. The number of fused-ring (bicyclic) bond motifs is 1. The fourth-order valence-electron chi connectivity index (χ4n) is 4.63. The van der Waals surface area contributed by atoms with Gasteiger partial charge in [-0.1, -0.05) is 30.3 Å². The van der Waals surface area contributed by atoms with Gasteiger partial charge in [-0.2, -0.15) is 0 Å². The molecule has 4 rings (SSSR count). The second kappa shape index (κ2) is 9.52. The van der Waals surface area contributed by atoms with Gasteiger partial charge in [0.05, 0.1) is 35.7 Å². The van der Waals surface area contributed by atoms with Gasteiger partial charge in [0.2, 0.25) is 17.7 Å². The summed E-state index contributed by atoms with van der Waals surface area (Å²) >= 11 is 0. The molecule has 0 bridgehead atoms. The maximum atomic E-state index is 13.1. The molecule has 3 amide bonds. The van der Waals surface area contributed by atoms with Crippen molar-refractivity contribution < 1.29 is 14.4 Å². The standard InChI is InChI=1S/C24H28N6O4/c1-14(31)25-19-12-20(23(33)29(2)3)30(22(19)15-7-5-4-6-8-15)13-21(32)26-16-9-10-17-18(11-16)28-24(34)27-17/h4-11,19-20,22H,12-13H2,1-3H3,(H,25,31)(H,26,32)(H2,27,28,34)/t19-,20+,22+/m1/s1. The van der Waals surface area contributed by atoms with Crippen molar-refractivity contribution in [3.8, 4) is 0 Å². The van der Waals surface area contributed by atoms with E-state index in [2.05, 4.69) is 20.6 Å². The molecule has 0 radical (unpaired) electrons. The van der Waals surface area contributed by atoms with E-state index in [4.69, 9.17) is 0 Å². The number of imidazole rings is 1. The second-order valence-electron chi connectivity index (χ2n) is 8.71. The lowest BCUT2D eigenvalue weighted by Gasteiger charge is -2.31. The number of aromatic nitrogens is 2. The van der Waals surface area contributed by atoms with Crippen molar-refractivity contribution in [1.82, 2.24) is 25.1 Å². The average Bonchev–Trinajstić information content (AvgIpc) is 3.32. The Balaban J connectivity index is 1.63. The van der Waals surface area contributed by atoms with Crippen molar-refractivity contribution in [2.75, 3.05) is 26.0 Å². The Bertz CT molecular complexity index is 1270. The maximum Gasteiger partial charge on any atom is 0.323 e. The molecule has 1 fully saturated rings. The summed E-state index contributed by atoms with van der Waals surface area (Å²) in [5.41, 5.74) is 2.33. The van der Waals surface area contributed by atoms with Crippen LogP contribution in [0, 0.1) is 0 Å². The number of H-pyrrole nitrogens is 2. The molecular weight excluding hydrogens is 436 g/mol. The molecule has 1 aliphatic heterocycles. The van der Waals surface area contributed by atoms with Gasteiger partial charge in [0.25, 0.3) is 0 Å².